The highest BCUT2D eigenvalue weighted by atomic mass is 16.2. The van der Waals surface area contributed by atoms with Crippen LogP contribution in [0.4, 0.5) is 5.69 Å². The summed E-state index contributed by atoms with van der Waals surface area (Å²) < 4.78 is 0. The van der Waals surface area contributed by atoms with Crippen molar-refractivity contribution in [1.29, 1.82) is 0 Å². The molecule has 0 spiro atoms. The zero-order chi connectivity index (χ0) is 19.9. The van der Waals surface area contributed by atoms with Crippen LogP contribution in [-0.2, 0) is 9.59 Å². The molecule has 2 N–H and O–H groups in total. The molecule has 1 aliphatic rings. The van der Waals surface area contributed by atoms with Crippen LogP contribution in [0, 0.1) is 6.92 Å². The predicted molar refractivity (Wildman–Crippen MR) is 112 cm³/mol. The van der Waals surface area contributed by atoms with Crippen LogP contribution in [0.3, 0.4) is 0 Å². The Labute approximate surface area is 167 Å². The molecule has 0 aromatic heterocycles. The number of aryl methyl sites for hydroxylation is 1. The number of amides is 2. The topological polar surface area (TPSA) is 61.4 Å². The zero-order valence-electron chi connectivity index (χ0n) is 16.7. The third-order valence-electron chi connectivity index (χ3n) is 4.93. The second-order valence-corrected chi connectivity index (χ2v) is 7.43. The normalized spacial score (nSPS) is 14.5. The van der Waals surface area contributed by atoms with E-state index < -0.39 is 6.04 Å². The Morgan fingerprint density at radius 3 is 2.39 bits per heavy atom. The Morgan fingerprint density at radius 2 is 1.75 bits per heavy atom. The van der Waals surface area contributed by atoms with E-state index in [-0.39, 0.29) is 24.4 Å². The summed E-state index contributed by atoms with van der Waals surface area (Å²) in [7, 11) is 0. The summed E-state index contributed by atoms with van der Waals surface area (Å²) in [6, 6.07) is 17.2. The molecule has 148 valence electrons. The lowest BCUT2D eigenvalue weighted by molar-refractivity contribution is -0.128. The van der Waals surface area contributed by atoms with Gasteiger partial charge in [-0.3, -0.25) is 14.5 Å². The van der Waals surface area contributed by atoms with E-state index in [1.165, 1.54) is 0 Å². The van der Waals surface area contributed by atoms with Gasteiger partial charge in [0, 0.05) is 11.7 Å². The van der Waals surface area contributed by atoms with Gasteiger partial charge in [0.2, 0.25) is 11.8 Å². The van der Waals surface area contributed by atoms with Crippen LogP contribution in [0.15, 0.2) is 54.6 Å². The molecule has 1 aliphatic carbocycles. The summed E-state index contributed by atoms with van der Waals surface area (Å²) in [5, 5.41) is 6.10. The number of carbonyl (C=O) groups is 2. The SMILES string of the molecule is CCCN(CC(=O)Nc1ccccc1C)C(C(=O)NC1CC1)c1ccccc1. The van der Waals surface area contributed by atoms with Gasteiger partial charge in [0.15, 0.2) is 0 Å². The third kappa shape index (κ3) is 5.42. The Kier molecular flexibility index (Phi) is 6.82. The third-order valence-corrected chi connectivity index (χ3v) is 4.93. The fourth-order valence-corrected chi connectivity index (χ4v) is 3.35. The lowest BCUT2D eigenvalue weighted by atomic mass is 10.0. The maximum atomic E-state index is 13.0. The van der Waals surface area contributed by atoms with Gasteiger partial charge in [0.25, 0.3) is 0 Å². The lowest BCUT2D eigenvalue weighted by Gasteiger charge is -2.30. The van der Waals surface area contributed by atoms with Gasteiger partial charge in [-0.2, -0.15) is 0 Å². The monoisotopic (exact) mass is 379 g/mol. The van der Waals surface area contributed by atoms with Gasteiger partial charge in [0.05, 0.1) is 6.54 Å². The van der Waals surface area contributed by atoms with E-state index >= 15 is 0 Å². The number of rotatable bonds is 9. The quantitative estimate of drug-likeness (QED) is 0.699. The first kappa shape index (κ1) is 20.1. The minimum Gasteiger partial charge on any atom is -0.352 e. The summed E-state index contributed by atoms with van der Waals surface area (Å²) in [5.41, 5.74) is 2.74. The minimum absolute atomic E-state index is 0.0224. The van der Waals surface area contributed by atoms with Crippen LogP contribution in [0.5, 0.6) is 0 Å². The molecule has 2 amide bonds. The molecule has 1 fully saturated rings. The summed E-state index contributed by atoms with van der Waals surface area (Å²) in [6.07, 6.45) is 2.93. The van der Waals surface area contributed by atoms with Crippen LogP contribution >= 0.6 is 0 Å². The van der Waals surface area contributed by atoms with Crippen LogP contribution in [0.2, 0.25) is 0 Å². The second kappa shape index (κ2) is 9.51. The first-order valence-corrected chi connectivity index (χ1v) is 10.0. The van der Waals surface area contributed by atoms with E-state index in [1.54, 1.807) is 0 Å². The lowest BCUT2D eigenvalue weighted by Crippen LogP contribution is -2.44. The highest BCUT2D eigenvalue weighted by molar-refractivity contribution is 5.93. The molecule has 1 unspecified atom stereocenters. The maximum absolute atomic E-state index is 13.0. The average Bonchev–Trinajstić information content (AvgIpc) is 3.49. The predicted octanol–water partition coefficient (Wildman–Crippen LogP) is 3.67. The van der Waals surface area contributed by atoms with Crippen molar-refractivity contribution in [3.63, 3.8) is 0 Å². The van der Waals surface area contributed by atoms with Gasteiger partial charge in [-0.15, -0.1) is 0 Å². The Hall–Kier alpha value is -2.66. The zero-order valence-corrected chi connectivity index (χ0v) is 16.7. The largest absolute Gasteiger partial charge is 0.352 e. The van der Waals surface area contributed by atoms with Gasteiger partial charge >= 0.3 is 0 Å². The van der Waals surface area contributed by atoms with Crippen molar-refractivity contribution in [2.24, 2.45) is 0 Å². The number of hydrogen-bond donors (Lipinski definition) is 2. The van der Waals surface area contributed by atoms with E-state index in [2.05, 4.69) is 17.6 Å². The van der Waals surface area contributed by atoms with E-state index in [9.17, 15) is 9.59 Å². The van der Waals surface area contributed by atoms with E-state index in [0.29, 0.717) is 6.54 Å². The van der Waals surface area contributed by atoms with Crippen LogP contribution in [0.25, 0.3) is 0 Å². The van der Waals surface area contributed by atoms with Crippen LogP contribution < -0.4 is 10.6 Å². The van der Waals surface area contributed by atoms with E-state index in [4.69, 9.17) is 0 Å². The highest BCUT2D eigenvalue weighted by Crippen LogP contribution is 2.25. The molecule has 5 heteroatoms. The summed E-state index contributed by atoms with van der Waals surface area (Å²) >= 11 is 0. The van der Waals surface area contributed by atoms with Gasteiger partial charge in [-0.1, -0.05) is 55.5 Å². The second-order valence-electron chi connectivity index (χ2n) is 7.43. The molecule has 3 rings (SSSR count). The molecule has 1 saturated carbocycles. The first-order chi connectivity index (χ1) is 13.6. The van der Waals surface area contributed by atoms with Crippen LogP contribution in [0.1, 0.15) is 43.4 Å². The molecule has 0 saturated heterocycles. The van der Waals surface area contributed by atoms with Crippen molar-refractivity contribution in [3.05, 3.63) is 65.7 Å². The number of benzene rings is 2. The van der Waals surface area contributed by atoms with Crippen LogP contribution in [-0.4, -0.2) is 35.8 Å². The van der Waals surface area contributed by atoms with E-state index in [1.807, 2.05) is 66.4 Å². The van der Waals surface area contributed by atoms with Gasteiger partial charge in [-0.25, -0.2) is 0 Å². The molecular weight excluding hydrogens is 350 g/mol. The van der Waals surface area contributed by atoms with E-state index in [0.717, 1.165) is 36.1 Å². The first-order valence-electron chi connectivity index (χ1n) is 10.0. The standard InChI is InChI=1S/C23H29N3O2/c1-3-15-26(16-21(27)25-20-12-8-7-9-17(20)2)22(18-10-5-4-6-11-18)23(28)24-19-13-14-19/h4-12,19,22H,3,13-16H2,1-2H3,(H,24,28)(H,25,27). The number of nitrogens with zero attached hydrogens (tertiary/aromatic N) is 1. The van der Waals surface area contributed by atoms with Crippen molar-refractivity contribution in [1.82, 2.24) is 10.2 Å². The Balaban J connectivity index is 1.78. The fraction of sp³-hybridized carbons (Fsp3) is 0.391. The fourth-order valence-electron chi connectivity index (χ4n) is 3.35. The number of anilines is 1. The highest BCUT2D eigenvalue weighted by Gasteiger charge is 2.32. The molecule has 2 aromatic carbocycles. The summed E-state index contributed by atoms with van der Waals surface area (Å²) in [4.78, 5) is 27.8. The molecule has 0 radical (unpaired) electrons. The van der Waals surface area contributed by atoms with Gasteiger partial charge < -0.3 is 10.6 Å². The number of para-hydroxylation sites is 1. The van der Waals surface area contributed by atoms with Crippen molar-refractivity contribution in [2.45, 2.75) is 45.2 Å². The summed E-state index contributed by atoms with van der Waals surface area (Å²) in [5.74, 6) is -0.131. The smallest absolute Gasteiger partial charge is 0.242 e. The average molecular weight is 380 g/mol. The maximum Gasteiger partial charge on any atom is 0.242 e. The van der Waals surface area contributed by atoms with Crippen molar-refractivity contribution >= 4 is 17.5 Å². The summed E-state index contributed by atoms with van der Waals surface area (Å²) in [6.45, 7) is 4.86. The molecule has 0 heterocycles. The number of hydrogen-bond acceptors (Lipinski definition) is 3. The molecule has 0 aliphatic heterocycles. The van der Waals surface area contributed by atoms with Crippen molar-refractivity contribution < 1.29 is 9.59 Å². The Bertz CT molecular complexity index is 803. The van der Waals surface area contributed by atoms with Gasteiger partial charge in [-0.05, 0) is 49.9 Å². The molecule has 5 nitrogen and oxygen atoms in total. The molecule has 28 heavy (non-hydrogen) atoms. The van der Waals surface area contributed by atoms with Crippen molar-refractivity contribution in [2.75, 3.05) is 18.4 Å². The van der Waals surface area contributed by atoms with Gasteiger partial charge in [0.1, 0.15) is 6.04 Å². The number of nitrogens with one attached hydrogen (secondary N) is 2. The van der Waals surface area contributed by atoms with Crippen molar-refractivity contribution in [3.8, 4) is 0 Å². The molecule has 1 atom stereocenters. The molecular formula is C23H29N3O2. The Morgan fingerprint density at radius 1 is 1.07 bits per heavy atom. The number of carbonyl (C=O) groups excluding carboxylic acids is 2. The minimum atomic E-state index is -0.468. The molecule has 2 aromatic rings. The molecule has 0 bridgehead atoms.